The summed E-state index contributed by atoms with van der Waals surface area (Å²) in [6, 6.07) is 16.3. The molecule has 0 radical (unpaired) electrons. The van der Waals surface area contributed by atoms with Crippen LogP contribution in [0.15, 0.2) is 72.0 Å². The molecule has 4 rings (SSSR count). The van der Waals surface area contributed by atoms with Gasteiger partial charge in [-0.05, 0) is 66.0 Å². The molecule has 0 saturated carbocycles. The molecule has 0 saturated heterocycles. The lowest BCUT2D eigenvalue weighted by atomic mass is 9.96. The topological polar surface area (TPSA) is 57.2 Å². The van der Waals surface area contributed by atoms with Crippen LogP contribution in [0.4, 0.5) is 20.2 Å². The number of nitrogens with one attached hydrogen (secondary N) is 2. The molecule has 0 bridgehead atoms. The fourth-order valence-electron chi connectivity index (χ4n) is 3.64. The van der Waals surface area contributed by atoms with Gasteiger partial charge in [0, 0.05) is 28.4 Å². The maximum absolute atomic E-state index is 14.8. The molecule has 1 aromatic heterocycles. The van der Waals surface area contributed by atoms with Crippen molar-refractivity contribution in [3.8, 4) is 0 Å². The summed E-state index contributed by atoms with van der Waals surface area (Å²) >= 11 is 0. The summed E-state index contributed by atoms with van der Waals surface area (Å²) in [5, 5.41) is 7.11. The molecular formula is C23H19F2N3O. The van der Waals surface area contributed by atoms with E-state index >= 15 is 0 Å². The van der Waals surface area contributed by atoms with Crippen molar-refractivity contribution in [1.82, 2.24) is 4.98 Å². The number of hydrogen-bond donors (Lipinski definition) is 2. The molecule has 146 valence electrons. The molecule has 0 aliphatic heterocycles. The fourth-order valence-corrected chi connectivity index (χ4v) is 3.64. The number of nitrogens with zero attached hydrogens (tertiary/aromatic N) is 1. The predicted octanol–water partition coefficient (Wildman–Crippen LogP) is 6.55. The van der Waals surface area contributed by atoms with Gasteiger partial charge in [0.05, 0.1) is 6.04 Å². The van der Waals surface area contributed by atoms with Gasteiger partial charge in [0.1, 0.15) is 17.3 Å². The van der Waals surface area contributed by atoms with Crippen molar-refractivity contribution in [2.24, 2.45) is 5.18 Å². The highest BCUT2D eigenvalue weighted by Gasteiger charge is 2.23. The van der Waals surface area contributed by atoms with E-state index < -0.39 is 17.7 Å². The minimum absolute atomic E-state index is 0.0367. The van der Waals surface area contributed by atoms with Crippen LogP contribution in [0, 0.1) is 23.5 Å². The molecule has 2 N–H and O–H groups in total. The summed E-state index contributed by atoms with van der Waals surface area (Å²) in [5.41, 5.74) is 3.17. The van der Waals surface area contributed by atoms with Crippen molar-refractivity contribution >= 4 is 22.3 Å². The molecule has 0 spiro atoms. The van der Waals surface area contributed by atoms with Crippen molar-refractivity contribution in [3.05, 3.63) is 100 Å². The van der Waals surface area contributed by atoms with E-state index in [2.05, 4.69) is 15.5 Å². The van der Waals surface area contributed by atoms with Gasteiger partial charge in [-0.3, -0.25) is 0 Å². The summed E-state index contributed by atoms with van der Waals surface area (Å²) < 4.78 is 29.6. The lowest BCUT2D eigenvalue weighted by molar-refractivity contribution is 0.533. The molecule has 0 fully saturated rings. The van der Waals surface area contributed by atoms with Crippen molar-refractivity contribution in [2.45, 2.75) is 19.4 Å². The Bertz CT molecular complexity index is 1160. The Kier molecular flexibility index (Phi) is 5.08. The number of nitroso groups, excluding NO2 is 1. The molecule has 0 aliphatic carbocycles. The number of benzene rings is 3. The lowest BCUT2D eigenvalue weighted by Crippen LogP contribution is -2.17. The molecule has 29 heavy (non-hydrogen) atoms. The zero-order chi connectivity index (χ0) is 20.4. The molecule has 0 amide bonds. The number of fused-ring (bicyclic) bond motifs is 1. The summed E-state index contributed by atoms with van der Waals surface area (Å²) in [5.74, 6) is -1.21. The lowest BCUT2D eigenvalue weighted by Gasteiger charge is -2.22. The summed E-state index contributed by atoms with van der Waals surface area (Å²) in [6.07, 6.45) is 2.20. The molecule has 4 nitrogen and oxygen atoms in total. The number of anilines is 1. The maximum Gasteiger partial charge on any atom is 0.131 e. The van der Waals surface area contributed by atoms with Gasteiger partial charge in [-0.25, -0.2) is 8.78 Å². The van der Waals surface area contributed by atoms with Crippen molar-refractivity contribution in [1.29, 1.82) is 0 Å². The van der Waals surface area contributed by atoms with Crippen LogP contribution in [0.5, 0.6) is 0 Å². The van der Waals surface area contributed by atoms with Crippen molar-refractivity contribution in [3.63, 3.8) is 0 Å². The van der Waals surface area contributed by atoms with Crippen LogP contribution < -0.4 is 5.32 Å². The average molecular weight is 391 g/mol. The van der Waals surface area contributed by atoms with E-state index in [9.17, 15) is 13.7 Å². The van der Waals surface area contributed by atoms with Crippen LogP contribution in [0.25, 0.3) is 10.9 Å². The second-order valence-electron chi connectivity index (χ2n) is 7.04. The maximum atomic E-state index is 14.8. The number of H-pyrrole nitrogens is 1. The number of halogens is 2. The predicted molar refractivity (Wildman–Crippen MR) is 111 cm³/mol. The van der Waals surface area contributed by atoms with Gasteiger partial charge < -0.3 is 10.3 Å². The van der Waals surface area contributed by atoms with Gasteiger partial charge in [0.15, 0.2) is 0 Å². The van der Waals surface area contributed by atoms with Crippen LogP contribution in [-0.2, 0) is 6.42 Å². The van der Waals surface area contributed by atoms with E-state index in [0.717, 1.165) is 16.5 Å². The Hall–Kier alpha value is -3.54. The zero-order valence-electron chi connectivity index (χ0n) is 15.7. The molecule has 4 aromatic rings. The SMILES string of the molecule is Cc1cc(F)c(C(Cc2c[nH]c3ccccc23)Nc2cccc(N=O)c2)c(F)c1. The van der Waals surface area contributed by atoms with Gasteiger partial charge in [-0.2, -0.15) is 0 Å². The van der Waals surface area contributed by atoms with Crippen LogP contribution >= 0.6 is 0 Å². The summed E-state index contributed by atoms with van der Waals surface area (Å²) in [6.45, 7) is 1.65. The third-order valence-corrected chi connectivity index (χ3v) is 4.96. The highest BCUT2D eigenvalue weighted by molar-refractivity contribution is 5.83. The number of aryl methyl sites for hydroxylation is 1. The van der Waals surface area contributed by atoms with E-state index in [1.165, 1.54) is 12.1 Å². The minimum Gasteiger partial charge on any atom is -0.378 e. The summed E-state index contributed by atoms with van der Waals surface area (Å²) in [7, 11) is 0. The smallest absolute Gasteiger partial charge is 0.131 e. The number of rotatable bonds is 6. The van der Waals surface area contributed by atoms with Gasteiger partial charge in [-0.15, -0.1) is 4.91 Å². The quantitative estimate of drug-likeness (QED) is 0.366. The molecule has 0 aliphatic rings. The standard InChI is InChI=1S/C23H19F2N3O/c1-14-9-19(24)23(20(25)10-14)22(27-16-5-4-6-17(12-16)28-29)11-15-13-26-21-8-3-2-7-18(15)21/h2-10,12-13,22,26-27H,11H2,1H3. The first kappa shape index (κ1) is 18.8. The van der Waals surface area contributed by atoms with Gasteiger partial charge in [0.2, 0.25) is 0 Å². The molecule has 1 unspecified atom stereocenters. The van der Waals surface area contributed by atoms with E-state index in [-0.39, 0.29) is 11.3 Å². The van der Waals surface area contributed by atoms with Crippen LogP contribution in [0.3, 0.4) is 0 Å². The average Bonchev–Trinajstić information content (AvgIpc) is 3.10. The Morgan fingerprint density at radius 3 is 2.55 bits per heavy atom. The summed E-state index contributed by atoms with van der Waals surface area (Å²) in [4.78, 5) is 14.1. The highest BCUT2D eigenvalue weighted by atomic mass is 19.1. The minimum atomic E-state index is -0.684. The Labute approximate surface area is 166 Å². The normalized spacial score (nSPS) is 12.1. The first-order chi connectivity index (χ1) is 14.0. The van der Waals surface area contributed by atoms with E-state index in [0.29, 0.717) is 17.7 Å². The van der Waals surface area contributed by atoms with Crippen LogP contribution in [0.2, 0.25) is 0 Å². The van der Waals surface area contributed by atoms with Crippen molar-refractivity contribution in [2.75, 3.05) is 5.32 Å². The second-order valence-corrected chi connectivity index (χ2v) is 7.04. The Morgan fingerprint density at radius 2 is 1.79 bits per heavy atom. The Balaban J connectivity index is 1.77. The number of hydrogen-bond acceptors (Lipinski definition) is 3. The zero-order valence-corrected chi connectivity index (χ0v) is 15.7. The van der Waals surface area contributed by atoms with Gasteiger partial charge >= 0.3 is 0 Å². The fraction of sp³-hybridized carbons (Fsp3) is 0.130. The third-order valence-electron chi connectivity index (χ3n) is 4.96. The largest absolute Gasteiger partial charge is 0.378 e. The second kappa shape index (κ2) is 7.83. The third kappa shape index (κ3) is 3.87. The van der Waals surface area contributed by atoms with Crippen molar-refractivity contribution < 1.29 is 8.78 Å². The number of para-hydroxylation sites is 1. The number of aromatic nitrogens is 1. The van der Waals surface area contributed by atoms with E-state index in [1.807, 2.05) is 30.5 Å². The van der Waals surface area contributed by atoms with Gasteiger partial charge in [0.25, 0.3) is 0 Å². The molecular weight excluding hydrogens is 372 g/mol. The van der Waals surface area contributed by atoms with Crippen LogP contribution in [0.1, 0.15) is 22.7 Å². The van der Waals surface area contributed by atoms with Gasteiger partial charge in [-0.1, -0.05) is 24.3 Å². The molecule has 3 aromatic carbocycles. The first-order valence-electron chi connectivity index (χ1n) is 9.25. The molecule has 6 heteroatoms. The molecule has 1 heterocycles. The van der Waals surface area contributed by atoms with E-state index in [4.69, 9.17) is 0 Å². The first-order valence-corrected chi connectivity index (χ1v) is 9.25. The number of aromatic amines is 1. The monoisotopic (exact) mass is 391 g/mol. The van der Waals surface area contributed by atoms with Crippen LogP contribution in [-0.4, -0.2) is 4.98 Å². The molecule has 1 atom stereocenters. The van der Waals surface area contributed by atoms with E-state index in [1.54, 1.807) is 31.2 Å². The Morgan fingerprint density at radius 1 is 1.03 bits per heavy atom. The highest BCUT2D eigenvalue weighted by Crippen LogP contribution is 2.32.